The Kier molecular flexibility index (Phi) is 3.17. The van der Waals surface area contributed by atoms with Gasteiger partial charge >= 0.3 is 0 Å². The molecule has 112 valence electrons. The van der Waals surface area contributed by atoms with Crippen LogP contribution in [0.1, 0.15) is 21.5 Å². The Morgan fingerprint density at radius 1 is 0.870 bits per heavy atom. The lowest BCUT2D eigenvalue weighted by Gasteiger charge is -2.33. The molecule has 3 aromatic rings. The minimum Gasteiger partial charge on any atom is -0.269 e. The molecular weight excluding hydrogens is 308 g/mol. The molecule has 0 spiro atoms. The van der Waals surface area contributed by atoms with Crippen LogP contribution >= 0.6 is 11.6 Å². The number of anilines is 1. The third-order valence-electron chi connectivity index (χ3n) is 4.06. The van der Waals surface area contributed by atoms with Crippen molar-refractivity contribution in [1.29, 1.82) is 0 Å². The van der Waals surface area contributed by atoms with E-state index in [1.165, 1.54) is 0 Å². The fraction of sp³-hybridized carbons (Fsp3) is 0.0526. The lowest BCUT2D eigenvalue weighted by atomic mass is 9.97. The van der Waals surface area contributed by atoms with Gasteiger partial charge in [0, 0.05) is 17.3 Å². The van der Waals surface area contributed by atoms with Gasteiger partial charge in [-0.1, -0.05) is 66.2 Å². The number of pyridine rings is 1. The number of carbonyl (C=O) groups excluding carboxylic acids is 1. The number of fused-ring (bicyclic) bond motifs is 1. The van der Waals surface area contributed by atoms with Crippen LogP contribution in [0.2, 0.25) is 0 Å². The van der Waals surface area contributed by atoms with Gasteiger partial charge in [-0.3, -0.25) is 9.69 Å². The fourth-order valence-electron chi connectivity index (χ4n) is 3.03. The minimum atomic E-state index is -1.09. The van der Waals surface area contributed by atoms with Gasteiger partial charge in [0.2, 0.25) is 0 Å². The molecule has 1 aliphatic heterocycles. The molecule has 4 heteroatoms. The molecule has 1 aliphatic rings. The second-order valence-electron chi connectivity index (χ2n) is 5.36. The van der Waals surface area contributed by atoms with Gasteiger partial charge in [0.15, 0.2) is 5.00 Å². The highest BCUT2D eigenvalue weighted by molar-refractivity contribution is 6.34. The average Bonchev–Trinajstić information content (AvgIpc) is 2.86. The molecule has 0 bridgehead atoms. The topological polar surface area (TPSA) is 33.2 Å². The molecule has 0 saturated carbocycles. The predicted molar refractivity (Wildman–Crippen MR) is 90.6 cm³/mol. The maximum absolute atomic E-state index is 13.0. The highest BCUT2D eigenvalue weighted by atomic mass is 35.5. The second-order valence-corrected chi connectivity index (χ2v) is 5.91. The Morgan fingerprint density at radius 2 is 1.57 bits per heavy atom. The quantitative estimate of drug-likeness (QED) is 0.524. The van der Waals surface area contributed by atoms with E-state index < -0.39 is 5.00 Å². The molecular formula is C19H13ClN2O. The molecule has 0 aliphatic carbocycles. The number of halogens is 1. The number of hydrogen-bond acceptors (Lipinski definition) is 2. The van der Waals surface area contributed by atoms with E-state index >= 15 is 0 Å². The Hall–Kier alpha value is -2.65. The van der Waals surface area contributed by atoms with Crippen molar-refractivity contribution in [3.8, 4) is 0 Å². The van der Waals surface area contributed by atoms with E-state index in [1.807, 2.05) is 60.7 Å². The minimum absolute atomic E-state index is 0.141. The summed E-state index contributed by atoms with van der Waals surface area (Å²) in [6.07, 6.45) is 1.66. The lowest BCUT2D eigenvalue weighted by molar-refractivity contribution is 0.0989. The smallest absolute Gasteiger partial charge is 0.261 e. The predicted octanol–water partition coefficient (Wildman–Crippen LogP) is 4.18. The molecule has 0 fully saturated rings. The first-order chi connectivity index (χ1) is 11.2. The van der Waals surface area contributed by atoms with Gasteiger partial charge in [-0.15, -0.1) is 0 Å². The van der Waals surface area contributed by atoms with Crippen LogP contribution in [0.15, 0.2) is 79.0 Å². The van der Waals surface area contributed by atoms with E-state index in [1.54, 1.807) is 23.2 Å². The number of amides is 1. The van der Waals surface area contributed by atoms with Crippen molar-refractivity contribution in [2.24, 2.45) is 0 Å². The van der Waals surface area contributed by atoms with E-state index in [2.05, 4.69) is 4.98 Å². The van der Waals surface area contributed by atoms with E-state index in [4.69, 9.17) is 11.6 Å². The molecule has 0 N–H and O–H groups in total. The summed E-state index contributed by atoms with van der Waals surface area (Å²) in [6, 6.07) is 22.5. The molecule has 3 nitrogen and oxygen atoms in total. The molecule has 4 rings (SSSR count). The summed E-state index contributed by atoms with van der Waals surface area (Å²) >= 11 is 7.09. The highest BCUT2D eigenvalue weighted by Crippen LogP contribution is 2.48. The number of carbonyl (C=O) groups is 1. The third-order valence-corrected chi connectivity index (χ3v) is 4.65. The number of aromatic nitrogens is 1. The largest absolute Gasteiger partial charge is 0.269 e. The van der Waals surface area contributed by atoms with Crippen LogP contribution in [0.3, 0.4) is 0 Å². The summed E-state index contributed by atoms with van der Waals surface area (Å²) < 4.78 is 0. The Morgan fingerprint density at radius 3 is 2.30 bits per heavy atom. The van der Waals surface area contributed by atoms with Gasteiger partial charge in [0.05, 0.1) is 0 Å². The summed E-state index contributed by atoms with van der Waals surface area (Å²) in [5.74, 6) is 0.394. The summed E-state index contributed by atoms with van der Waals surface area (Å²) in [4.78, 5) is 17.8. The summed E-state index contributed by atoms with van der Waals surface area (Å²) in [5.41, 5.74) is 2.23. The van der Waals surface area contributed by atoms with Crippen LogP contribution in [-0.2, 0) is 5.00 Å². The van der Waals surface area contributed by atoms with Crippen LogP contribution in [0.4, 0.5) is 5.82 Å². The van der Waals surface area contributed by atoms with Crippen molar-refractivity contribution >= 4 is 23.3 Å². The molecule has 0 saturated heterocycles. The van der Waals surface area contributed by atoms with Crippen LogP contribution in [0, 0.1) is 0 Å². The van der Waals surface area contributed by atoms with Crippen LogP contribution in [0.5, 0.6) is 0 Å². The molecule has 23 heavy (non-hydrogen) atoms. The first-order valence-corrected chi connectivity index (χ1v) is 7.70. The summed E-state index contributed by atoms with van der Waals surface area (Å²) in [6.45, 7) is 0. The Labute approximate surface area is 139 Å². The number of nitrogens with zero attached hydrogens (tertiary/aromatic N) is 2. The fourth-order valence-corrected chi connectivity index (χ4v) is 3.48. The molecule has 1 unspecified atom stereocenters. The van der Waals surface area contributed by atoms with Gasteiger partial charge < -0.3 is 0 Å². The normalized spacial score (nSPS) is 19.7. The van der Waals surface area contributed by atoms with E-state index in [-0.39, 0.29) is 5.91 Å². The molecule has 1 aromatic heterocycles. The summed E-state index contributed by atoms with van der Waals surface area (Å²) in [5, 5.41) is 0. The van der Waals surface area contributed by atoms with Gasteiger partial charge in [-0.05, 0) is 23.8 Å². The molecule has 0 radical (unpaired) electrons. The first-order valence-electron chi connectivity index (χ1n) is 7.32. The van der Waals surface area contributed by atoms with Crippen molar-refractivity contribution < 1.29 is 4.79 Å². The van der Waals surface area contributed by atoms with Crippen molar-refractivity contribution in [3.05, 3.63) is 95.7 Å². The third kappa shape index (κ3) is 1.97. The SMILES string of the molecule is O=C1c2ccccc2C(Cl)(c2ccccc2)N1c1ccccn1. The first kappa shape index (κ1) is 14.0. The number of hydrogen-bond donors (Lipinski definition) is 0. The maximum atomic E-state index is 13.0. The van der Waals surface area contributed by atoms with Crippen LogP contribution in [0.25, 0.3) is 0 Å². The second kappa shape index (κ2) is 5.21. The molecule has 2 heterocycles. The Balaban J connectivity index is 2.01. The number of benzene rings is 2. The van der Waals surface area contributed by atoms with E-state index in [0.717, 1.165) is 11.1 Å². The van der Waals surface area contributed by atoms with Crippen molar-refractivity contribution in [1.82, 2.24) is 4.98 Å². The van der Waals surface area contributed by atoms with Gasteiger partial charge in [0.25, 0.3) is 5.91 Å². The molecule has 1 atom stereocenters. The van der Waals surface area contributed by atoms with Crippen molar-refractivity contribution in [2.75, 3.05) is 4.90 Å². The molecule has 2 aromatic carbocycles. The van der Waals surface area contributed by atoms with Crippen molar-refractivity contribution in [3.63, 3.8) is 0 Å². The lowest BCUT2D eigenvalue weighted by Crippen LogP contribution is -2.41. The zero-order valence-electron chi connectivity index (χ0n) is 12.2. The van der Waals surface area contributed by atoms with Gasteiger partial charge in [-0.25, -0.2) is 4.98 Å². The number of rotatable bonds is 2. The maximum Gasteiger partial charge on any atom is 0.261 e. The average molecular weight is 321 g/mol. The van der Waals surface area contributed by atoms with Crippen molar-refractivity contribution in [2.45, 2.75) is 5.00 Å². The standard InChI is InChI=1S/C19H13ClN2O/c20-19(14-8-2-1-3-9-14)16-11-5-4-10-15(16)18(23)22(19)17-12-6-7-13-21-17/h1-13H. The van der Waals surface area contributed by atoms with Gasteiger partial charge in [-0.2, -0.15) is 0 Å². The van der Waals surface area contributed by atoms with Crippen LogP contribution < -0.4 is 4.90 Å². The van der Waals surface area contributed by atoms with Crippen LogP contribution in [-0.4, -0.2) is 10.9 Å². The van der Waals surface area contributed by atoms with Gasteiger partial charge in [0.1, 0.15) is 5.82 Å². The molecule has 1 amide bonds. The zero-order valence-corrected chi connectivity index (χ0v) is 12.9. The monoisotopic (exact) mass is 320 g/mol. The van der Waals surface area contributed by atoms with E-state index in [0.29, 0.717) is 11.4 Å². The van der Waals surface area contributed by atoms with E-state index in [9.17, 15) is 4.79 Å². The number of alkyl halides is 1. The highest BCUT2D eigenvalue weighted by Gasteiger charge is 2.50. The zero-order chi connectivity index (χ0) is 15.9. The Bertz CT molecular complexity index is 867. The summed E-state index contributed by atoms with van der Waals surface area (Å²) in [7, 11) is 0.